The lowest BCUT2D eigenvalue weighted by atomic mass is 9.82. The van der Waals surface area contributed by atoms with Crippen LogP contribution in [-0.4, -0.2) is 27.1 Å². The molecule has 3 rings (SSSR count). The molecular formula is C24H31N3O4S. The van der Waals surface area contributed by atoms with Gasteiger partial charge in [-0.2, -0.15) is 4.98 Å². The lowest BCUT2D eigenvalue weighted by Crippen LogP contribution is -2.38. The van der Waals surface area contributed by atoms with Gasteiger partial charge in [-0.25, -0.2) is 4.79 Å². The minimum Gasteiger partial charge on any atom is -0.477 e. The Hall–Kier alpha value is -2.66. The number of thiophene rings is 1. The molecule has 1 amide bonds. The maximum Gasteiger partial charge on any atom is 0.348 e. The summed E-state index contributed by atoms with van der Waals surface area (Å²) in [5.41, 5.74) is 0.128. The summed E-state index contributed by atoms with van der Waals surface area (Å²) in [5.74, 6) is 6.34. The number of carbonyl (C=O) groups excluding carboxylic acids is 1. The molecule has 7 nitrogen and oxygen atoms in total. The van der Waals surface area contributed by atoms with Crippen molar-refractivity contribution >= 4 is 28.9 Å². The summed E-state index contributed by atoms with van der Waals surface area (Å²) in [5, 5.41) is 13.8. The van der Waals surface area contributed by atoms with Gasteiger partial charge in [0.05, 0.1) is 10.6 Å². The van der Waals surface area contributed by atoms with Crippen LogP contribution in [0.25, 0.3) is 0 Å². The lowest BCUT2D eigenvalue weighted by molar-refractivity contribution is -0.123. The first-order valence-corrected chi connectivity index (χ1v) is 11.9. The van der Waals surface area contributed by atoms with Crippen molar-refractivity contribution in [2.75, 3.05) is 4.90 Å². The third-order valence-electron chi connectivity index (χ3n) is 5.51. The topological polar surface area (TPSA) is 96.5 Å². The Morgan fingerprint density at radius 3 is 2.53 bits per heavy atom. The van der Waals surface area contributed by atoms with Crippen molar-refractivity contribution in [3.63, 3.8) is 0 Å². The SMILES string of the molecule is CCc1noc(CN(C(=O)C2CCC(C)CC2)c2cc(C#CC(C)(C)C)sc2C(=O)O)n1. The van der Waals surface area contributed by atoms with Crippen LogP contribution in [0.15, 0.2) is 10.6 Å². The number of carboxylic acids is 1. The molecule has 8 heteroatoms. The molecule has 1 saturated carbocycles. The van der Waals surface area contributed by atoms with Gasteiger partial charge in [-0.1, -0.05) is 30.8 Å². The molecule has 1 fully saturated rings. The predicted molar refractivity (Wildman–Crippen MR) is 124 cm³/mol. The first kappa shape index (κ1) is 24.0. The highest BCUT2D eigenvalue weighted by Crippen LogP contribution is 2.36. The number of hydrogen-bond donors (Lipinski definition) is 1. The monoisotopic (exact) mass is 457 g/mol. The summed E-state index contributed by atoms with van der Waals surface area (Å²) in [6.07, 6.45) is 4.18. The molecule has 2 aromatic heterocycles. The highest BCUT2D eigenvalue weighted by molar-refractivity contribution is 7.15. The van der Waals surface area contributed by atoms with Crippen molar-refractivity contribution in [3.05, 3.63) is 27.5 Å². The van der Waals surface area contributed by atoms with Gasteiger partial charge in [0.15, 0.2) is 5.82 Å². The Labute approximate surface area is 193 Å². The van der Waals surface area contributed by atoms with Gasteiger partial charge in [-0.3, -0.25) is 4.79 Å². The average Bonchev–Trinajstić information content (AvgIpc) is 3.37. The fourth-order valence-corrected chi connectivity index (χ4v) is 4.54. The maximum absolute atomic E-state index is 13.6. The number of aromatic nitrogens is 2. The van der Waals surface area contributed by atoms with Gasteiger partial charge in [0, 0.05) is 17.8 Å². The molecule has 0 aromatic carbocycles. The molecule has 0 saturated heterocycles. The van der Waals surface area contributed by atoms with Crippen LogP contribution < -0.4 is 4.90 Å². The van der Waals surface area contributed by atoms with Crippen molar-refractivity contribution in [1.82, 2.24) is 10.1 Å². The smallest absolute Gasteiger partial charge is 0.348 e. The highest BCUT2D eigenvalue weighted by Gasteiger charge is 2.33. The average molecular weight is 458 g/mol. The van der Waals surface area contributed by atoms with Crippen LogP contribution in [0, 0.1) is 29.1 Å². The fourth-order valence-electron chi connectivity index (χ4n) is 3.69. The van der Waals surface area contributed by atoms with E-state index < -0.39 is 5.97 Å². The van der Waals surface area contributed by atoms with E-state index in [1.54, 1.807) is 6.07 Å². The van der Waals surface area contributed by atoms with Crippen LogP contribution in [0.2, 0.25) is 0 Å². The van der Waals surface area contributed by atoms with Crippen LogP contribution >= 0.6 is 11.3 Å². The van der Waals surface area contributed by atoms with E-state index in [0.717, 1.165) is 37.0 Å². The maximum atomic E-state index is 13.6. The van der Waals surface area contributed by atoms with E-state index in [-0.39, 0.29) is 28.7 Å². The molecule has 32 heavy (non-hydrogen) atoms. The molecule has 1 aliphatic rings. The zero-order valence-electron chi connectivity index (χ0n) is 19.4. The summed E-state index contributed by atoms with van der Waals surface area (Å²) in [4.78, 5) is 32.2. The van der Waals surface area contributed by atoms with Gasteiger partial charge < -0.3 is 14.5 Å². The molecule has 0 unspecified atom stereocenters. The first-order valence-electron chi connectivity index (χ1n) is 11.1. The Kier molecular flexibility index (Phi) is 7.40. The Balaban J connectivity index is 2.01. The van der Waals surface area contributed by atoms with Crippen LogP contribution in [0.1, 0.15) is 86.6 Å². The number of aromatic carboxylic acids is 1. The Bertz CT molecular complexity index is 1030. The molecule has 0 aliphatic heterocycles. The van der Waals surface area contributed by atoms with Crippen LogP contribution in [0.3, 0.4) is 0 Å². The standard InChI is InChI=1S/C24H31N3O4S/c1-6-19-25-20(31-26-19)14-27(22(28)16-9-7-15(2)8-10-16)18-13-17(11-12-24(3,4)5)32-21(18)23(29)30/h13,15-16H,6-10,14H2,1-5H3,(H,29,30). The normalized spacial score (nSPS) is 18.7. The van der Waals surface area contributed by atoms with Crippen molar-refractivity contribution in [3.8, 4) is 11.8 Å². The molecule has 0 bridgehead atoms. The third kappa shape index (κ3) is 5.98. The number of amides is 1. The summed E-state index contributed by atoms with van der Waals surface area (Å²) in [7, 11) is 0. The van der Waals surface area contributed by atoms with E-state index in [4.69, 9.17) is 4.52 Å². The van der Waals surface area contributed by atoms with Crippen LogP contribution in [0.4, 0.5) is 5.69 Å². The predicted octanol–water partition coefficient (Wildman–Crippen LogP) is 5.15. The van der Waals surface area contributed by atoms with Crippen molar-refractivity contribution in [2.45, 2.75) is 73.3 Å². The number of nitrogens with zero attached hydrogens (tertiary/aromatic N) is 3. The molecule has 2 aromatic rings. The molecule has 172 valence electrons. The second kappa shape index (κ2) is 9.86. The number of hydrogen-bond acceptors (Lipinski definition) is 6. The molecule has 0 spiro atoms. The molecule has 0 atom stereocenters. The fraction of sp³-hybridized carbons (Fsp3) is 0.583. The highest BCUT2D eigenvalue weighted by atomic mass is 32.1. The van der Waals surface area contributed by atoms with Gasteiger partial charge >= 0.3 is 5.97 Å². The molecule has 1 N–H and O–H groups in total. The molecular weight excluding hydrogens is 426 g/mol. The second-order valence-electron chi connectivity index (χ2n) is 9.47. The van der Waals surface area contributed by atoms with Gasteiger partial charge in [0.25, 0.3) is 0 Å². The van der Waals surface area contributed by atoms with Gasteiger partial charge in [-0.05, 0) is 58.4 Å². The van der Waals surface area contributed by atoms with Gasteiger partial charge in [0.2, 0.25) is 11.8 Å². The van der Waals surface area contributed by atoms with E-state index in [1.807, 2.05) is 27.7 Å². The first-order chi connectivity index (χ1) is 15.1. The van der Waals surface area contributed by atoms with Gasteiger partial charge in [-0.15, -0.1) is 11.3 Å². The summed E-state index contributed by atoms with van der Waals surface area (Å²) >= 11 is 1.09. The van der Waals surface area contributed by atoms with Crippen molar-refractivity contribution < 1.29 is 19.2 Å². The number of carbonyl (C=O) groups is 2. The summed E-state index contributed by atoms with van der Waals surface area (Å²) in [6, 6.07) is 1.70. The number of aryl methyl sites for hydroxylation is 1. The molecule has 1 aliphatic carbocycles. The van der Waals surface area contributed by atoms with E-state index in [9.17, 15) is 14.7 Å². The van der Waals surface area contributed by atoms with E-state index >= 15 is 0 Å². The van der Waals surface area contributed by atoms with Crippen LogP contribution in [0.5, 0.6) is 0 Å². The van der Waals surface area contributed by atoms with E-state index in [1.165, 1.54) is 4.90 Å². The van der Waals surface area contributed by atoms with Crippen LogP contribution in [-0.2, 0) is 17.8 Å². The van der Waals surface area contributed by atoms with Gasteiger partial charge in [0.1, 0.15) is 11.4 Å². The summed E-state index contributed by atoms with van der Waals surface area (Å²) < 4.78 is 5.33. The number of rotatable bonds is 6. The third-order valence-corrected chi connectivity index (χ3v) is 6.54. The largest absolute Gasteiger partial charge is 0.477 e. The van der Waals surface area contributed by atoms with Crippen molar-refractivity contribution in [1.29, 1.82) is 0 Å². The minimum absolute atomic E-state index is 0.0427. The zero-order chi connectivity index (χ0) is 23.5. The Morgan fingerprint density at radius 1 is 1.28 bits per heavy atom. The van der Waals surface area contributed by atoms with E-state index in [0.29, 0.717) is 34.6 Å². The molecule has 0 radical (unpaired) electrons. The summed E-state index contributed by atoms with van der Waals surface area (Å²) in [6.45, 7) is 10.1. The zero-order valence-corrected chi connectivity index (χ0v) is 20.2. The number of anilines is 1. The second-order valence-corrected chi connectivity index (χ2v) is 10.5. The minimum atomic E-state index is -1.08. The Morgan fingerprint density at radius 2 is 1.97 bits per heavy atom. The molecule has 2 heterocycles. The number of carboxylic acid groups (broad SMARTS) is 1. The quantitative estimate of drug-likeness (QED) is 0.603. The lowest BCUT2D eigenvalue weighted by Gasteiger charge is -2.30. The van der Waals surface area contributed by atoms with Crippen molar-refractivity contribution in [2.24, 2.45) is 17.3 Å². The van der Waals surface area contributed by atoms with E-state index in [2.05, 4.69) is 28.9 Å².